The molecule has 2 heteroatoms. The summed E-state index contributed by atoms with van der Waals surface area (Å²) in [6.45, 7) is 10.5. The Bertz CT molecular complexity index is 334. The van der Waals surface area contributed by atoms with Gasteiger partial charge >= 0.3 is 0 Å². The van der Waals surface area contributed by atoms with E-state index < -0.39 is 0 Å². The molecule has 0 aliphatic rings. The second-order valence-electron chi connectivity index (χ2n) is 4.72. The summed E-state index contributed by atoms with van der Waals surface area (Å²) in [5, 5.41) is 9.05. The summed E-state index contributed by atoms with van der Waals surface area (Å²) in [4.78, 5) is 2.29. The van der Waals surface area contributed by atoms with E-state index in [1.165, 1.54) is 16.7 Å². The highest BCUT2D eigenvalue weighted by molar-refractivity contribution is 5.30. The fraction of sp³-hybridized carbons (Fsp3) is 0.571. The topological polar surface area (TPSA) is 23.5 Å². The molecule has 1 aromatic rings. The molecule has 16 heavy (non-hydrogen) atoms. The van der Waals surface area contributed by atoms with Crippen molar-refractivity contribution < 1.29 is 5.11 Å². The maximum Gasteiger partial charge on any atom is 0.0558 e. The average Bonchev–Trinajstić information content (AvgIpc) is 2.22. The molecule has 2 nitrogen and oxygen atoms in total. The van der Waals surface area contributed by atoms with Crippen molar-refractivity contribution in [2.75, 3.05) is 13.2 Å². The first kappa shape index (κ1) is 13.2. The van der Waals surface area contributed by atoms with Gasteiger partial charge in [0.2, 0.25) is 0 Å². The van der Waals surface area contributed by atoms with Crippen LogP contribution in [0.4, 0.5) is 0 Å². The first-order valence-electron chi connectivity index (χ1n) is 5.95. The Balaban J connectivity index is 2.80. The third-order valence-electron chi connectivity index (χ3n) is 3.00. The van der Waals surface area contributed by atoms with Crippen LogP contribution in [0.15, 0.2) is 18.2 Å². The highest BCUT2D eigenvalue weighted by Gasteiger charge is 2.10. The van der Waals surface area contributed by atoms with Gasteiger partial charge in [-0.3, -0.25) is 4.90 Å². The third kappa shape index (κ3) is 3.62. The molecular formula is C14H23NO. The number of hydrogen-bond donors (Lipinski definition) is 1. The van der Waals surface area contributed by atoms with Crippen molar-refractivity contribution in [2.45, 2.75) is 40.3 Å². The molecule has 0 bridgehead atoms. The lowest BCUT2D eigenvalue weighted by atomic mass is 10.0. The molecule has 0 aromatic heterocycles. The van der Waals surface area contributed by atoms with Crippen molar-refractivity contribution in [1.82, 2.24) is 4.90 Å². The van der Waals surface area contributed by atoms with Crippen molar-refractivity contribution in [3.8, 4) is 0 Å². The highest BCUT2D eigenvalue weighted by atomic mass is 16.3. The number of benzene rings is 1. The summed E-state index contributed by atoms with van der Waals surface area (Å²) < 4.78 is 0. The van der Waals surface area contributed by atoms with Crippen molar-refractivity contribution in [3.63, 3.8) is 0 Å². The van der Waals surface area contributed by atoms with E-state index in [-0.39, 0.29) is 6.61 Å². The van der Waals surface area contributed by atoms with Crippen LogP contribution in [-0.4, -0.2) is 29.2 Å². The first-order chi connectivity index (χ1) is 7.54. The lowest BCUT2D eigenvalue weighted by Crippen LogP contribution is -2.33. The smallest absolute Gasteiger partial charge is 0.0558 e. The fourth-order valence-corrected chi connectivity index (χ4v) is 1.84. The molecule has 0 saturated heterocycles. The standard InChI is InChI=1S/C14H23NO/c1-11(2)15(7-8-16)10-14-9-12(3)5-6-13(14)4/h5-6,9,11,16H,7-8,10H2,1-4H3. The lowest BCUT2D eigenvalue weighted by molar-refractivity contribution is 0.159. The van der Waals surface area contributed by atoms with Crippen molar-refractivity contribution in [2.24, 2.45) is 0 Å². The van der Waals surface area contributed by atoms with Gasteiger partial charge in [-0.05, 0) is 38.8 Å². The number of rotatable bonds is 5. The Kier molecular flexibility index (Phi) is 4.97. The summed E-state index contributed by atoms with van der Waals surface area (Å²) in [7, 11) is 0. The first-order valence-corrected chi connectivity index (χ1v) is 5.95. The molecular weight excluding hydrogens is 198 g/mol. The van der Waals surface area contributed by atoms with Gasteiger partial charge in [0, 0.05) is 19.1 Å². The Morgan fingerprint density at radius 3 is 2.50 bits per heavy atom. The molecule has 0 saturated carbocycles. The molecule has 1 rings (SSSR count). The summed E-state index contributed by atoms with van der Waals surface area (Å²) in [5.74, 6) is 0. The third-order valence-corrected chi connectivity index (χ3v) is 3.00. The normalized spacial score (nSPS) is 11.4. The Hall–Kier alpha value is -0.860. The van der Waals surface area contributed by atoms with E-state index in [9.17, 15) is 0 Å². The molecule has 0 aliphatic heterocycles. The van der Waals surface area contributed by atoms with E-state index in [1.807, 2.05) is 0 Å². The van der Waals surface area contributed by atoms with Gasteiger partial charge in [-0.2, -0.15) is 0 Å². The van der Waals surface area contributed by atoms with Crippen LogP contribution in [0.1, 0.15) is 30.5 Å². The van der Waals surface area contributed by atoms with Crippen LogP contribution in [0, 0.1) is 13.8 Å². The predicted molar refractivity (Wildman–Crippen MR) is 68.5 cm³/mol. The van der Waals surface area contributed by atoms with Gasteiger partial charge in [-0.25, -0.2) is 0 Å². The zero-order chi connectivity index (χ0) is 12.1. The predicted octanol–water partition coefficient (Wildman–Crippen LogP) is 2.51. The van der Waals surface area contributed by atoms with E-state index in [0.717, 1.165) is 13.1 Å². The van der Waals surface area contributed by atoms with E-state index in [0.29, 0.717) is 6.04 Å². The Morgan fingerprint density at radius 1 is 1.25 bits per heavy atom. The van der Waals surface area contributed by atoms with E-state index >= 15 is 0 Å². The molecule has 90 valence electrons. The average molecular weight is 221 g/mol. The number of aryl methyl sites for hydroxylation is 2. The fourth-order valence-electron chi connectivity index (χ4n) is 1.84. The zero-order valence-electron chi connectivity index (χ0n) is 10.8. The van der Waals surface area contributed by atoms with Crippen molar-refractivity contribution in [1.29, 1.82) is 0 Å². The van der Waals surface area contributed by atoms with Crippen LogP contribution in [-0.2, 0) is 6.54 Å². The van der Waals surface area contributed by atoms with E-state index in [2.05, 4.69) is 50.8 Å². The number of hydrogen-bond acceptors (Lipinski definition) is 2. The van der Waals surface area contributed by atoms with Crippen molar-refractivity contribution in [3.05, 3.63) is 34.9 Å². The van der Waals surface area contributed by atoms with Gasteiger partial charge < -0.3 is 5.11 Å². The number of nitrogens with zero attached hydrogens (tertiary/aromatic N) is 1. The molecule has 0 heterocycles. The molecule has 0 aliphatic carbocycles. The minimum Gasteiger partial charge on any atom is -0.395 e. The van der Waals surface area contributed by atoms with Gasteiger partial charge in [0.25, 0.3) is 0 Å². The van der Waals surface area contributed by atoms with Gasteiger partial charge in [0.15, 0.2) is 0 Å². The Labute approximate surface area is 98.9 Å². The molecule has 0 atom stereocenters. The van der Waals surface area contributed by atoms with Crippen LogP contribution in [0.5, 0.6) is 0 Å². The largest absolute Gasteiger partial charge is 0.395 e. The molecule has 1 N–H and O–H groups in total. The van der Waals surface area contributed by atoms with E-state index in [4.69, 9.17) is 5.11 Å². The molecule has 1 aromatic carbocycles. The summed E-state index contributed by atoms with van der Waals surface area (Å²) in [6.07, 6.45) is 0. The molecule has 0 fully saturated rings. The van der Waals surface area contributed by atoms with Gasteiger partial charge in [0.1, 0.15) is 0 Å². The SMILES string of the molecule is Cc1ccc(C)c(CN(CCO)C(C)C)c1. The maximum atomic E-state index is 9.05. The van der Waals surface area contributed by atoms with Crippen LogP contribution >= 0.6 is 0 Å². The molecule has 0 amide bonds. The number of aliphatic hydroxyl groups excluding tert-OH is 1. The van der Waals surface area contributed by atoms with E-state index in [1.54, 1.807) is 0 Å². The summed E-state index contributed by atoms with van der Waals surface area (Å²) >= 11 is 0. The summed E-state index contributed by atoms with van der Waals surface area (Å²) in [6, 6.07) is 7.02. The van der Waals surface area contributed by atoms with Gasteiger partial charge in [0.05, 0.1) is 6.61 Å². The van der Waals surface area contributed by atoms with Crippen LogP contribution in [0.2, 0.25) is 0 Å². The minimum absolute atomic E-state index is 0.225. The van der Waals surface area contributed by atoms with Crippen molar-refractivity contribution >= 4 is 0 Å². The van der Waals surface area contributed by atoms with Gasteiger partial charge in [-0.1, -0.05) is 23.8 Å². The van der Waals surface area contributed by atoms with Crippen LogP contribution < -0.4 is 0 Å². The molecule has 0 unspecified atom stereocenters. The van der Waals surface area contributed by atoms with Crippen LogP contribution in [0.3, 0.4) is 0 Å². The second-order valence-corrected chi connectivity index (χ2v) is 4.72. The monoisotopic (exact) mass is 221 g/mol. The van der Waals surface area contributed by atoms with Gasteiger partial charge in [-0.15, -0.1) is 0 Å². The zero-order valence-corrected chi connectivity index (χ0v) is 10.8. The second kappa shape index (κ2) is 6.02. The quantitative estimate of drug-likeness (QED) is 0.826. The van der Waals surface area contributed by atoms with Crippen LogP contribution in [0.25, 0.3) is 0 Å². The highest BCUT2D eigenvalue weighted by Crippen LogP contribution is 2.14. The lowest BCUT2D eigenvalue weighted by Gasteiger charge is -2.26. The maximum absolute atomic E-state index is 9.05. The molecule has 0 spiro atoms. The number of aliphatic hydroxyl groups is 1. The molecule has 0 radical (unpaired) electrons. The summed E-state index contributed by atoms with van der Waals surface area (Å²) in [5.41, 5.74) is 3.99. The minimum atomic E-state index is 0.225. The Morgan fingerprint density at radius 2 is 1.94 bits per heavy atom.